The molecule has 1 unspecified atom stereocenters. The summed E-state index contributed by atoms with van der Waals surface area (Å²) < 4.78 is 1.79. The molecule has 0 spiro atoms. The van der Waals surface area contributed by atoms with E-state index in [1.165, 1.54) is 0 Å². The van der Waals surface area contributed by atoms with Gasteiger partial charge in [0.25, 0.3) is 0 Å². The number of aliphatic hydroxyl groups is 1. The van der Waals surface area contributed by atoms with Crippen molar-refractivity contribution in [3.63, 3.8) is 0 Å². The van der Waals surface area contributed by atoms with Gasteiger partial charge >= 0.3 is 0 Å². The van der Waals surface area contributed by atoms with E-state index in [2.05, 4.69) is 5.32 Å². The van der Waals surface area contributed by atoms with Crippen molar-refractivity contribution in [1.82, 2.24) is 9.88 Å². The molecule has 0 fully saturated rings. The van der Waals surface area contributed by atoms with Gasteiger partial charge in [0.05, 0.1) is 6.10 Å². The van der Waals surface area contributed by atoms with Gasteiger partial charge in [-0.05, 0) is 23.6 Å². The van der Waals surface area contributed by atoms with Crippen molar-refractivity contribution in [2.75, 3.05) is 0 Å². The number of carbonyl (C=O) groups is 1. The van der Waals surface area contributed by atoms with Gasteiger partial charge in [0.15, 0.2) is 0 Å². The van der Waals surface area contributed by atoms with Crippen molar-refractivity contribution in [2.45, 2.75) is 32.5 Å². The molecule has 0 saturated heterocycles. The lowest BCUT2D eigenvalue weighted by molar-refractivity contribution is -0.121. The average molecular weight is 272 g/mol. The summed E-state index contributed by atoms with van der Waals surface area (Å²) >= 11 is 0. The SMILES string of the molecule is CCC(O)c1ccn(CC(=O)NCc2ccccc2)c1. The minimum absolute atomic E-state index is 0.0398. The van der Waals surface area contributed by atoms with E-state index in [0.717, 1.165) is 11.1 Å². The summed E-state index contributed by atoms with van der Waals surface area (Å²) in [5.41, 5.74) is 1.93. The van der Waals surface area contributed by atoms with E-state index in [-0.39, 0.29) is 12.5 Å². The van der Waals surface area contributed by atoms with Gasteiger partial charge in [-0.25, -0.2) is 0 Å². The number of benzene rings is 1. The number of rotatable bonds is 6. The van der Waals surface area contributed by atoms with Crippen LogP contribution in [0.25, 0.3) is 0 Å². The summed E-state index contributed by atoms with van der Waals surface area (Å²) in [5, 5.41) is 12.6. The largest absolute Gasteiger partial charge is 0.388 e. The first-order chi connectivity index (χ1) is 9.69. The van der Waals surface area contributed by atoms with Crippen LogP contribution in [0.5, 0.6) is 0 Å². The number of nitrogens with one attached hydrogen (secondary N) is 1. The van der Waals surface area contributed by atoms with E-state index < -0.39 is 6.10 Å². The first-order valence-electron chi connectivity index (χ1n) is 6.83. The number of hydrogen-bond donors (Lipinski definition) is 2. The molecule has 1 heterocycles. The van der Waals surface area contributed by atoms with Crippen LogP contribution in [0.4, 0.5) is 0 Å². The zero-order chi connectivity index (χ0) is 14.4. The Morgan fingerprint density at radius 3 is 2.75 bits per heavy atom. The maximum absolute atomic E-state index is 11.8. The highest BCUT2D eigenvalue weighted by molar-refractivity contribution is 5.75. The lowest BCUT2D eigenvalue weighted by atomic mass is 10.1. The number of carbonyl (C=O) groups excluding carboxylic acids is 1. The van der Waals surface area contributed by atoms with E-state index in [0.29, 0.717) is 13.0 Å². The summed E-state index contributed by atoms with van der Waals surface area (Å²) in [6.45, 7) is 2.73. The van der Waals surface area contributed by atoms with Crippen molar-refractivity contribution in [1.29, 1.82) is 0 Å². The van der Waals surface area contributed by atoms with E-state index >= 15 is 0 Å². The fourth-order valence-electron chi connectivity index (χ4n) is 2.01. The van der Waals surface area contributed by atoms with Crippen molar-refractivity contribution >= 4 is 5.91 Å². The van der Waals surface area contributed by atoms with Crippen LogP contribution in [0.2, 0.25) is 0 Å². The molecule has 1 atom stereocenters. The maximum atomic E-state index is 11.8. The molecule has 4 nitrogen and oxygen atoms in total. The minimum Gasteiger partial charge on any atom is -0.388 e. The lowest BCUT2D eigenvalue weighted by Crippen LogP contribution is -2.26. The van der Waals surface area contributed by atoms with Crippen molar-refractivity contribution in [3.05, 3.63) is 59.9 Å². The standard InChI is InChI=1S/C16H20N2O2/c1-2-15(19)14-8-9-18(11-14)12-16(20)17-10-13-6-4-3-5-7-13/h3-9,11,15,19H,2,10,12H2,1H3,(H,17,20). The fraction of sp³-hybridized carbons (Fsp3) is 0.312. The Morgan fingerprint density at radius 1 is 1.30 bits per heavy atom. The molecule has 0 aliphatic heterocycles. The minimum atomic E-state index is -0.455. The zero-order valence-corrected chi connectivity index (χ0v) is 11.6. The van der Waals surface area contributed by atoms with Gasteiger partial charge in [-0.15, -0.1) is 0 Å². The van der Waals surface area contributed by atoms with Crippen LogP contribution in [-0.4, -0.2) is 15.6 Å². The van der Waals surface area contributed by atoms with Crippen LogP contribution in [0, 0.1) is 0 Å². The smallest absolute Gasteiger partial charge is 0.240 e. The molecule has 0 aliphatic rings. The van der Waals surface area contributed by atoms with Gasteiger partial charge < -0.3 is 15.0 Å². The third-order valence-electron chi connectivity index (χ3n) is 3.20. The molecule has 1 aromatic carbocycles. The van der Waals surface area contributed by atoms with E-state index in [9.17, 15) is 9.90 Å². The summed E-state index contributed by atoms with van der Waals surface area (Å²) in [4.78, 5) is 11.8. The molecule has 4 heteroatoms. The molecule has 2 N–H and O–H groups in total. The van der Waals surface area contributed by atoms with Crippen molar-refractivity contribution in [3.8, 4) is 0 Å². The van der Waals surface area contributed by atoms with Gasteiger partial charge in [0, 0.05) is 18.9 Å². The van der Waals surface area contributed by atoms with Crippen LogP contribution in [0.3, 0.4) is 0 Å². The van der Waals surface area contributed by atoms with Crippen LogP contribution in [0.15, 0.2) is 48.8 Å². The molecular formula is C16H20N2O2. The Balaban J connectivity index is 1.84. The summed E-state index contributed by atoms with van der Waals surface area (Å²) in [7, 11) is 0. The van der Waals surface area contributed by atoms with E-state index in [1.54, 1.807) is 4.57 Å². The van der Waals surface area contributed by atoms with Crippen LogP contribution < -0.4 is 5.32 Å². The molecule has 20 heavy (non-hydrogen) atoms. The summed E-state index contributed by atoms with van der Waals surface area (Å²) in [6, 6.07) is 11.7. The van der Waals surface area contributed by atoms with Gasteiger partial charge in [-0.1, -0.05) is 37.3 Å². The molecule has 2 rings (SSSR count). The quantitative estimate of drug-likeness (QED) is 0.847. The van der Waals surface area contributed by atoms with Crippen LogP contribution in [-0.2, 0) is 17.9 Å². The number of aliphatic hydroxyl groups excluding tert-OH is 1. The third-order valence-corrected chi connectivity index (χ3v) is 3.20. The Bertz CT molecular complexity index is 549. The fourth-order valence-corrected chi connectivity index (χ4v) is 2.01. The molecule has 0 aliphatic carbocycles. The Kier molecular flexibility index (Phi) is 4.96. The highest BCUT2D eigenvalue weighted by Gasteiger charge is 2.08. The second-order valence-corrected chi connectivity index (χ2v) is 4.80. The average Bonchev–Trinajstić information content (AvgIpc) is 2.94. The molecule has 0 radical (unpaired) electrons. The Hall–Kier alpha value is -2.07. The molecule has 0 saturated carbocycles. The molecule has 106 valence electrons. The summed E-state index contributed by atoms with van der Waals surface area (Å²) in [6.07, 6.45) is 3.85. The normalized spacial score (nSPS) is 12.1. The lowest BCUT2D eigenvalue weighted by Gasteiger charge is -2.07. The van der Waals surface area contributed by atoms with E-state index in [1.807, 2.05) is 55.7 Å². The maximum Gasteiger partial charge on any atom is 0.240 e. The molecule has 2 aromatic rings. The van der Waals surface area contributed by atoms with Crippen LogP contribution in [0.1, 0.15) is 30.6 Å². The Morgan fingerprint density at radius 2 is 2.05 bits per heavy atom. The number of amides is 1. The first-order valence-corrected chi connectivity index (χ1v) is 6.83. The van der Waals surface area contributed by atoms with Crippen LogP contribution >= 0.6 is 0 Å². The summed E-state index contributed by atoms with van der Waals surface area (Å²) in [5.74, 6) is -0.0398. The predicted octanol–water partition coefficient (Wildman–Crippen LogP) is 2.25. The molecular weight excluding hydrogens is 252 g/mol. The third kappa shape index (κ3) is 3.96. The number of nitrogens with zero attached hydrogens (tertiary/aromatic N) is 1. The second kappa shape index (κ2) is 6.91. The van der Waals surface area contributed by atoms with Crippen molar-refractivity contribution < 1.29 is 9.90 Å². The monoisotopic (exact) mass is 272 g/mol. The highest BCUT2D eigenvalue weighted by Crippen LogP contribution is 2.15. The second-order valence-electron chi connectivity index (χ2n) is 4.80. The highest BCUT2D eigenvalue weighted by atomic mass is 16.3. The zero-order valence-electron chi connectivity index (χ0n) is 11.6. The molecule has 1 aromatic heterocycles. The first kappa shape index (κ1) is 14.3. The van der Waals surface area contributed by atoms with Gasteiger partial charge in [-0.2, -0.15) is 0 Å². The van der Waals surface area contributed by atoms with Gasteiger partial charge in [0.2, 0.25) is 5.91 Å². The van der Waals surface area contributed by atoms with Crippen molar-refractivity contribution in [2.24, 2.45) is 0 Å². The van der Waals surface area contributed by atoms with Gasteiger partial charge in [0.1, 0.15) is 6.54 Å². The number of aromatic nitrogens is 1. The molecule has 0 bridgehead atoms. The Labute approximate surface area is 119 Å². The molecule has 1 amide bonds. The predicted molar refractivity (Wildman–Crippen MR) is 78.0 cm³/mol. The topological polar surface area (TPSA) is 54.3 Å². The number of hydrogen-bond acceptors (Lipinski definition) is 2. The van der Waals surface area contributed by atoms with Gasteiger partial charge in [-0.3, -0.25) is 4.79 Å². The van der Waals surface area contributed by atoms with E-state index in [4.69, 9.17) is 0 Å².